The fraction of sp³-hybridized carbons (Fsp3) is 0.222. The molecule has 0 aliphatic heterocycles. The van der Waals surface area contributed by atoms with Gasteiger partial charge < -0.3 is 5.11 Å². The van der Waals surface area contributed by atoms with Crippen molar-refractivity contribution in [1.29, 1.82) is 0 Å². The molecule has 0 aromatic heterocycles. The zero-order valence-corrected chi connectivity index (χ0v) is 6.59. The van der Waals surface area contributed by atoms with Gasteiger partial charge in [-0.1, -0.05) is 6.07 Å². The second-order valence-corrected chi connectivity index (χ2v) is 2.61. The fourth-order valence-corrected chi connectivity index (χ4v) is 0.984. The molecule has 2 heteroatoms. The maximum atomic E-state index is 10.4. The van der Waals surface area contributed by atoms with E-state index in [2.05, 4.69) is 0 Å². The quantitative estimate of drug-likeness (QED) is 0.620. The third-order valence-electron chi connectivity index (χ3n) is 1.71. The Bertz CT molecular complexity index is 290. The molecule has 1 aromatic carbocycles. The van der Waals surface area contributed by atoms with Crippen LogP contribution in [0.4, 0.5) is 0 Å². The number of aldehydes is 1. The first-order chi connectivity index (χ1) is 5.15. The monoisotopic (exact) mass is 150 g/mol. The number of hydrogen-bond acceptors (Lipinski definition) is 2. The van der Waals surface area contributed by atoms with E-state index >= 15 is 0 Å². The molecule has 0 saturated heterocycles. The molecule has 0 heterocycles. The summed E-state index contributed by atoms with van der Waals surface area (Å²) in [6.45, 7) is 3.65. The van der Waals surface area contributed by atoms with Gasteiger partial charge in [0.05, 0.1) is 0 Å². The number of aromatic hydroxyl groups is 1. The van der Waals surface area contributed by atoms with E-state index in [0.29, 0.717) is 5.56 Å². The Morgan fingerprint density at radius 3 is 2.45 bits per heavy atom. The molecule has 2 nitrogen and oxygen atoms in total. The van der Waals surface area contributed by atoms with Gasteiger partial charge in [-0.3, -0.25) is 4.79 Å². The number of hydrogen-bond donors (Lipinski definition) is 1. The van der Waals surface area contributed by atoms with Crippen molar-refractivity contribution < 1.29 is 9.90 Å². The lowest BCUT2D eigenvalue weighted by Gasteiger charge is -2.02. The van der Waals surface area contributed by atoms with Crippen molar-refractivity contribution in [3.8, 4) is 5.75 Å². The Kier molecular flexibility index (Phi) is 1.94. The largest absolute Gasteiger partial charge is 0.508 e. The van der Waals surface area contributed by atoms with Crippen LogP contribution in [0.1, 0.15) is 21.5 Å². The number of aryl methyl sites for hydroxylation is 2. The summed E-state index contributed by atoms with van der Waals surface area (Å²) in [4.78, 5) is 10.4. The maximum Gasteiger partial charge on any atom is 0.150 e. The highest BCUT2D eigenvalue weighted by atomic mass is 16.3. The second kappa shape index (κ2) is 2.74. The van der Waals surface area contributed by atoms with E-state index in [4.69, 9.17) is 0 Å². The van der Waals surface area contributed by atoms with E-state index < -0.39 is 0 Å². The Hall–Kier alpha value is -1.31. The molecule has 0 unspecified atom stereocenters. The number of carbonyl (C=O) groups is 1. The normalized spacial score (nSPS) is 9.64. The number of phenols is 1. The third kappa shape index (κ3) is 1.40. The van der Waals surface area contributed by atoms with Crippen LogP contribution in [0.5, 0.6) is 5.75 Å². The van der Waals surface area contributed by atoms with Gasteiger partial charge in [-0.25, -0.2) is 0 Å². The minimum Gasteiger partial charge on any atom is -0.508 e. The van der Waals surface area contributed by atoms with Crippen molar-refractivity contribution in [1.82, 2.24) is 0 Å². The molecule has 0 aliphatic rings. The van der Waals surface area contributed by atoms with Crippen molar-refractivity contribution in [3.05, 3.63) is 28.8 Å². The summed E-state index contributed by atoms with van der Waals surface area (Å²) in [6, 6.07) is 3.27. The highest BCUT2D eigenvalue weighted by Crippen LogP contribution is 2.19. The molecule has 0 fully saturated rings. The molecule has 0 radical (unpaired) electrons. The number of phenolic OH excluding ortho intramolecular Hbond substituents is 1. The van der Waals surface area contributed by atoms with Gasteiger partial charge in [0.25, 0.3) is 0 Å². The lowest BCUT2D eigenvalue weighted by Crippen LogP contribution is -1.87. The third-order valence-corrected chi connectivity index (χ3v) is 1.71. The number of rotatable bonds is 1. The van der Waals surface area contributed by atoms with Crippen molar-refractivity contribution in [3.63, 3.8) is 0 Å². The van der Waals surface area contributed by atoms with Crippen LogP contribution >= 0.6 is 0 Å². The van der Waals surface area contributed by atoms with Crippen LogP contribution in [0.2, 0.25) is 0 Å². The molecular formula is C9H10O2. The number of carbonyl (C=O) groups excluding carboxylic acids is 1. The molecule has 0 spiro atoms. The molecule has 0 saturated carbocycles. The van der Waals surface area contributed by atoms with Gasteiger partial charge in [0.2, 0.25) is 0 Å². The predicted molar refractivity (Wildman–Crippen MR) is 43.0 cm³/mol. The summed E-state index contributed by atoms with van der Waals surface area (Å²) in [5.74, 6) is 0.178. The molecule has 11 heavy (non-hydrogen) atoms. The lowest BCUT2D eigenvalue weighted by atomic mass is 10.1. The van der Waals surface area contributed by atoms with E-state index in [0.717, 1.165) is 17.4 Å². The molecular weight excluding hydrogens is 140 g/mol. The summed E-state index contributed by atoms with van der Waals surface area (Å²) in [5.41, 5.74) is 2.25. The van der Waals surface area contributed by atoms with Crippen LogP contribution in [0.25, 0.3) is 0 Å². The summed E-state index contributed by atoms with van der Waals surface area (Å²) in [7, 11) is 0. The van der Waals surface area contributed by atoms with Gasteiger partial charge >= 0.3 is 0 Å². The molecule has 58 valence electrons. The summed E-state index contributed by atoms with van der Waals surface area (Å²) in [5, 5.41) is 9.20. The molecule has 1 rings (SSSR count). The highest BCUT2D eigenvalue weighted by molar-refractivity contribution is 5.78. The Morgan fingerprint density at radius 2 is 1.91 bits per heavy atom. The molecule has 1 aromatic rings. The van der Waals surface area contributed by atoms with Gasteiger partial charge in [-0.15, -0.1) is 0 Å². The summed E-state index contributed by atoms with van der Waals surface area (Å²) < 4.78 is 0. The van der Waals surface area contributed by atoms with Crippen LogP contribution in [-0.2, 0) is 0 Å². The SMILES string of the molecule is Cc1cc(C)c(C=O)cc1O. The first kappa shape index (κ1) is 7.79. The average Bonchev–Trinajstić information content (AvgIpc) is 1.97. The van der Waals surface area contributed by atoms with Crippen LogP contribution in [0.15, 0.2) is 12.1 Å². The predicted octanol–water partition coefficient (Wildman–Crippen LogP) is 1.82. The van der Waals surface area contributed by atoms with Crippen molar-refractivity contribution >= 4 is 6.29 Å². The Balaban J connectivity index is 3.31. The zero-order chi connectivity index (χ0) is 8.43. The topological polar surface area (TPSA) is 37.3 Å². The van der Waals surface area contributed by atoms with E-state index in [-0.39, 0.29) is 5.75 Å². The molecule has 0 atom stereocenters. The lowest BCUT2D eigenvalue weighted by molar-refractivity contribution is 0.112. The Labute approximate surface area is 65.5 Å². The minimum absolute atomic E-state index is 0.178. The van der Waals surface area contributed by atoms with Gasteiger partial charge in [-0.2, -0.15) is 0 Å². The van der Waals surface area contributed by atoms with Crippen LogP contribution in [0.3, 0.4) is 0 Å². The van der Waals surface area contributed by atoms with Gasteiger partial charge in [-0.05, 0) is 31.0 Å². The van der Waals surface area contributed by atoms with Crippen molar-refractivity contribution in [2.24, 2.45) is 0 Å². The van der Waals surface area contributed by atoms with Crippen LogP contribution < -0.4 is 0 Å². The zero-order valence-electron chi connectivity index (χ0n) is 6.59. The standard InChI is InChI=1S/C9H10O2/c1-6-3-7(2)9(11)4-8(6)5-10/h3-5,11H,1-2H3. The van der Waals surface area contributed by atoms with Crippen LogP contribution in [-0.4, -0.2) is 11.4 Å². The maximum absolute atomic E-state index is 10.4. The van der Waals surface area contributed by atoms with E-state index in [1.54, 1.807) is 13.0 Å². The minimum atomic E-state index is 0.178. The average molecular weight is 150 g/mol. The van der Waals surface area contributed by atoms with Gasteiger partial charge in [0.1, 0.15) is 12.0 Å². The smallest absolute Gasteiger partial charge is 0.150 e. The van der Waals surface area contributed by atoms with Crippen molar-refractivity contribution in [2.45, 2.75) is 13.8 Å². The van der Waals surface area contributed by atoms with Gasteiger partial charge in [0.15, 0.2) is 0 Å². The summed E-state index contributed by atoms with van der Waals surface area (Å²) >= 11 is 0. The molecule has 1 N–H and O–H groups in total. The van der Waals surface area contributed by atoms with Crippen molar-refractivity contribution in [2.75, 3.05) is 0 Å². The fourth-order valence-electron chi connectivity index (χ4n) is 0.984. The van der Waals surface area contributed by atoms with E-state index in [9.17, 15) is 9.90 Å². The highest BCUT2D eigenvalue weighted by Gasteiger charge is 2.00. The second-order valence-electron chi connectivity index (χ2n) is 2.61. The summed E-state index contributed by atoms with van der Waals surface area (Å²) in [6.07, 6.45) is 0.745. The first-order valence-electron chi connectivity index (χ1n) is 3.40. The molecule has 0 aliphatic carbocycles. The number of benzene rings is 1. The van der Waals surface area contributed by atoms with E-state index in [1.165, 1.54) is 6.07 Å². The molecule has 0 bridgehead atoms. The Morgan fingerprint density at radius 1 is 1.27 bits per heavy atom. The molecule has 0 amide bonds. The van der Waals surface area contributed by atoms with Gasteiger partial charge in [0, 0.05) is 5.56 Å². The van der Waals surface area contributed by atoms with E-state index in [1.807, 2.05) is 6.92 Å². The first-order valence-corrected chi connectivity index (χ1v) is 3.40. The van der Waals surface area contributed by atoms with Crippen LogP contribution in [0, 0.1) is 13.8 Å².